The molecule has 0 bridgehead atoms. The minimum Gasteiger partial charge on any atom is -0.508 e. The van der Waals surface area contributed by atoms with Crippen LogP contribution in [0.15, 0.2) is 78.8 Å². The summed E-state index contributed by atoms with van der Waals surface area (Å²) in [6.07, 6.45) is 4.54. The summed E-state index contributed by atoms with van der Waals surface area (Å²) >= 11 is 0. The summed E-state index contributed by atoms with van der Waals surface area (Å²) in [5.41, 5.74) is 1.10. The Morgan fingerprint density at radius 2 is 1.88 bits per heavy atom. The summed E-state index contributed by atoms with van der Waals surface area (Å²) in [5, 5.41) is 22.1. The average Bonchev–Trinajstić information content (AvgIpc) is 3.54. The zero-order valence-corrected chi connectivity index (χ0v) is 27.5. The maximum Gasteiger partial charge on any atom is 0.319 e. The van der Waals surface area contributed by atoms with Crippen LogP contribution < -0.4 is 9.64 Å². The molecule has 2 fully saturated rings. The second-order valence-corrected chi connectivity index (χ2v) is 12.7. The maximum atomic E-state index is 16.8. The summed E-state index contributed by atoms with van der Waals surface area (Å²) in [5.74, 6) is -2.02. The molecule has 2 aliphatic heterocycles. The van der Waals surface area contributed by atoms with Gasteiger partial charge in [-0.2, -0.15) is 15.2 Å². The number of ether oxygens (including phenoxy) is 1. The Morgan fingerprint density at radius 1 is 1.04 bits per heavy atom. The number of carbonyl (C=O) groups is 1. The van der Waals surface area contributed by atoms with Crippen LogP contribution in [0.5, 0.6) is 11.8 Å². The number of fused-ring (bicyclic) bond motifs is 2. The Labute approximate surface area is 287 Å². The van der Waals surface area contributed by atoms with Gasteiger partial charge < -0.3 is 24.5 Å². The van der Waals surface area contributed by atoms with E-state index >= 15 is 8.78 Å². The van der Waals surface area contributed by atoms with Crippen LogP contribution in [0.2, 0.25) is 0 Å². The molecule has 50 heavy (non-hydrogen) atoms. The number of nitriles is 1. The number of halogens is 2. The molecule has 2 atom stereocenters. The van der Waals surface area contributed by atoms with E-state index in [1.165, 1.54) is 17.2 Å². The Morgan fingerprint density at radius 3 is 2.66 bits per heavy atom. The van der Waals surface area contributed by atoms with Crippen LogP contribution in [0, 0.1) is 17.1 Å². The van der Waals surface area contributed by atoms with E-state index in [1.807, 2.05) is 36.2 Å². The van der Waals surface area contributed by atoms with Gasteiger partial charge in [-0.05, 0) is 73.1 Å². The fraction of sp³-hybridized carbons (Fsp3) is 0.289. The number of hydrogen-bond donors (Lipinski definition) is 1. The summed E-state index contributed by atoms with van der Waals surface area (Å²) in [7, 11) is 2.03. The maximum absolute atomic E-state index is 16.8. The highest BCUT2D eigenvalue weighted by atomic mass is 19.1. The molecule has 10 nitrogen and oxygen atoms in total. The Balaban J connectivity index is 1.27. The number of pyridine rings is 1. The van der Waals surface area contributed by atoms with E-state index in [-0.39, 0.29) is 54.9 Å². The second kappa shape index (κ2) is 14.1. The van der Waals surface area contributed by atoms with Crippen molar-refractivity contribution in [1.82, 2.24) is 24.8 Å². The lowest BCUT2D eigenvalue weighted by Crippen LogP contribution is -2.55. The highest BCUT2D eigenvalue weighted by Gasteiger charge is 2.34. The number of amides is 1. The summed E-state index contributed by atoms with van der Waals surface area (Å²) in [6, 6.07) is 20.6. The molecule has 7 rings (SSSR count). The fourth-order valence-electron chi connectivity index (χ4n) is 6.90. The van der Waals surface area contributed by atoms with Crippen LogP contribution in [0.1, 0.15) is 25.0 Å². The van der Waals surface area contributed by atoms with Gasteiger partial charge in [-0.25, -0.2) is 8.78 Å². The molecule has 1 N–H and O–H groups in total. The molecule has 0 unspecified atom stereocenters. The number of hydrogen-bond acceptors (Lipinski definition) is 9. The third-order valence-corrected chi connectivity index (χ3v) is 9.52. The highest BCUT2D eigenvalue weighted by Crippen LogP contribution is 2.38. The zero-order chi connectivity index (χ0) is 34.8. The van der Waals surface area contributed by atoms with Gasteiger partial charge in [-0.15, -0.1) is 0 Å². The average molecular weight is 676 g/mol. The molecule has 254 valence electrons. The summed E-state index contributed by atoms with van der Waals surface area (Å²) in [6.45, 7) is 1.75. The van der Waals surface area contributed by atoms with Crippen LogP contribution in [0.3, 0.4) is 0 Å². The largest absolute Gasteiger partial charge is 0.508 e. The van der Waals surface area contributed by atoms with Gasteiger partial charge >= 0.3 is 6.01 Å². The number of benzene rings is 3. The van der Waals surface area contributed by atoms with Crippen molar-refractivity contribution < 1.29 is 23.4 Å². The first-order valence-corrected chi connectivity index (χ1v) is 16.6. The number of nitrogens with zero attached hydrogens (tertiary/aromatic N) is 7. The Kier molecular flexibility index (Phi) is 9.23. The fourth-order valence-corrected chi connectivity index (χ4v) is 6.90. The molecule has 2 aromatic heterocycles. The number of phenols is 1. The molecule has 1 amide bonds. The molecule has 12 heteroatoms. The number of anilines is 1. The highest BCUT2D eigenvalue weighted by molar-refractivity contribution is 6.01. The first kappa shape index (κ1) is 32.9. The smallest absolute Gasteiger partial charge is 0.319 e. The molecule has 2 aliphatic rings. The molecule has 2 saturated heterocycles. The lowest BCUT2D eigenvalue weighted by Gasteiger charge is -2.41. The quantitative estimate of drug-likeness (QED) is 0.195. The van der Waals surface area contributed by atoms with E-state index in [0.29, 0.717) is 29.1 Å². The van der Waals surface area contributed by atoms with Gasteiger partial charge in [-0.1, -0.05) is 36.4 Å². The molecule has 0 aliphatic carbocycles. The van der Waals surface area contributed by atoms with Crippen LogP contribution in [-0.2, 0) is 4.79 Å². The number of likely N-dealkylation sites (N-methyl/N-ethyl adjacent to an activating group) is 1. The molecule has 5 aromatic rings. The lowest BCUT2D eigenvalue weighted by atomic mass is 9.96. The van der Waals surface area contributed by atoms with Gasteiger partial charge in [0.05, 0.1) is 24.2 Å². The van der Waals surface area contributed by atoms with Gasteiger partial charge in [0.1, 0.15) is 23.7 Å². The Bertz CT molecular complexity index is 2140. The molecular formula is C38H35F2N7O3. The first-order chi connectivity index (χ1) is 24.3. The van der Waals surface area contributed by atoms with Crippen molar-refractivity contribution in [2.24, 2.45) is 0 Å². The van der Waals surface area contributed by atoms with Crippen molar-refractivity contribution in [1.29, 1.82) is 5.26 Å². The van der Waals surface area contributed by atoms with E-state index < -0.39 is 23.6 Å². The van der Waals surface area contributed by atoms with E-state index in [1.54, 1.807) is 36.4 Å². The number of aromatic nitrogens is 3. The molecular weight excluding hydrogens is 640 g/mol. The van der Waals surface area contributed by atoms with Gasteiger partial charge in [0, 0.05) is 48.9 Å². The zero-order valence-electron chi connectivity index (χ0n) is 27.5. The molecule has 0 radical (unpaired) electrons. The summed E-state index contributed by atoms with van der Waals surface area (Å²) in [4.78, 5) is 32.1. The third kappa shape index (κ3) is 6.52. The molecule has 0 saturated carbocycles. The van der Waals surface area contributed by atoms with E-state index in [2.05, 4.69) is 20.9 Å². The number of likely N-dealkylation sites (tertiary alicyclic amines) is 1. The second-order valence-electron chi connectivity index (χ2n) is 12.7. The third-order valence-electron chi connectivity index (χ3n) is 9.52. The monoisotopic (exact) mass is 675 g/mol. The predicted molar refractivity (Wildman–Crippen MR) is 187 cm³/mol. The topological polar surface area (TPSA) is 119 Å². The summed E-state index contributed by atoms with van der Waals surface area (Å²) < 4.78 is 38.1. The normalized spacial score (nSPS) is 18.5. The molecule has 3 aromatic carbocycles. The number of carbonyl (C=O) groups excluding carboxylic acids is 1. The predicted octanol–water partition coefficient (Wildman–Crippen LogP) is 6.10. The number of phenolic OH excluding ortho intramolecular Hbond substituents is 1. The standard InChI is InChI=1S/C38H35F2N7O3/c1-45-16-6-9-27(45)23-50-38-43-35-31(12-11-30(34(35)40)32-21-28(48)19-24-7-2-3-10-29(24)32)36(44-38)46-17-18-47(26(22-46)13-14-41)37(49)33(39)20-25-8-4-5-15-42-25/h2-5,7-8,10-12,15,19-21,26-27,48H,6,9,13,16-18,22-23H2,1H3/b33-20-/t26-,27-/m0/s1. The lowest BCUT2D eigenvalue weighted by molar-refractivity contribution is -0.131. The molecule has 0 spiro atoms. The van der Waals surface area contributed by atoms with E-state index in [0.717, 1.165) is 36.2 Å². The van der Waals surface area contributed by atoms with Crippen molar-refractivity contribution in [3.63, 3.8) is 0 Å². The Hall–Kier alpha value is -5.67. The van der Waals surface area contributed by atoms with Crippen molar-refractivity contribution in [2.45, 2.75) is 31.3 Å². The van der Waals surface area contributed by atoms with Crippen molar-refractivity contribution in [3.05, 3.63) is 90.3 Å². The van der Waals surface area contributed by atoms with E-state index in [4.69, 9.17) is 9.72 Å². The van der Waals surface area contributed by atoms with Crippen LogP contribution in [0.25, 0.3) is 38.9 Å². The van der Waals surface area contributed by atoms with Gasteiger partial charge in [-0.3, -0.25) is 9.78 Å². The number of aromatic hydroxyl groups is 1. The van der Waals surface area contributed by atoms with Crippen LogP contribution >= 0.6 is 0 Å². The van der Waals surface area contributed by atoms with Crippen molar-refractivity contribution in [2.75, 3.05) is 44.7 Å². The number of rotatable bonds is 8. The first-order valence-electron chi connectivity index (χ1n) is 16.6. The minimum absolute atomic E-state index is 0.00398. The van der Waals surface area contributed by atoms with Crippen molar-refractivity contribution in [3.8, 4) is 29.0 Å². The van der Waals surface area contributed by atoms with Crippen LogP contribution in [0.4, 0.5) is 14.6 Å². The minimum atomic E-state index is -0.978. The van der Waals surface area contributed by atoms with Gasteiger partial charge in [0.2, 0.25) is 0 Å². The van der Waals surface area contributed by atoms with E-state index in [9.17, 15) is 15.2 Å². The SMILES string of the molecule is CN1CCC[C@H]1COc1nc(N2CCN(C(=O)/C(F)=C/c3ccccn3)[C@@H](CC#N)C2)c2ccc(-c3cc(O)cc4ccccc34)c(F)c2n1. The van der Waals surface area contributed by atoms with Crippen molar-refractivity contribution >= 4 is 39.5 Å². The number of piperazine rings is 1. The van der Waals surface area contributed by atoms with Gasteiger partial charge in [0.25, 0.3) is 5.91 Å². The van der Waals surface area contributed by atoms with Crippen LogP contribution in [-0.4, -0.2) is 87.7 Å². The van der Waals surface area contributed by atoms with Gasteiger partial charge in [0.15, 0.2) is 11.6 Å². The molecule has 4 heterocycles.